The highest BCUT2D eigenvalue weighted by molar-refractivity contribution is 5.94. The molecular weight excluding hydrogens is 336 g/mol. The van der Waals surface area contributed by atoms with Crippen LogP contribution in [0.2, 0.25) is 0 Å². The van der Waals surface area contributed by atoms with E-state index in [9.17, 15) is 4.79 Å². The summed E-state index contributed by atoms with van der Waals surface area (Å²) in [6.45, 7) is 0.460. The number of nitrogens with two attached hydrogens (primary N) is 2. The number of fused-ring (bicyclic) bond motifs is 3. The molecule has 1 aliphatic rings. The number of carbonyl (C=O) groups excluding carboxylic acids is 1. The van der Waals surface area contributed by atoms with Crippen LogP contribution in [0.25, 0.3) is 11.1 Å². The quantitative estimate of drug-likeness (QED) is 0.381. The second-order valence-corrected chi connectivity index (χ2v) is 6.34. The number of rotatable bonds is 3. The molecule has 0 aliphatic heterocycles. The third-order valence-corrected chi connectivity index (χ3v) is 4.62. The molecule has 0 bridgehead atoms. The van der Waals surface area contributed by atoms with Crippen LogP contribution in [0.3, 0.4) is 0 Å². The number of nitrogens with one attached hydrogen (secondary N) is 1. The third kappa shape index (κ3) is 3.90. The summed E-state index contributed by atoms with van der Waals surface area (Å²) in [5.41, 5.74) is 7.79. The minimum atomic E-state index is -0.155. The largest absolute Gasteiger partial charge is 0.276 e. The number of amides is 1. The van der Waals surface area contributed by atoms with E-state index in [1.807, 2.05) is 42.5 Å². The Kier molecular flexibility index (Phi) is 5.98. The van der Waals surface area contributed by atoms with Crippen molar-refractivity contribution in [2.24, 2.45) is 11.7 Å². The molecule has 0 fully saturated rings. The Morgan fingerprint density at radius 1 is 0.889 bits per heavy atom. The van der Waals surface area contributed by atoms with Gasteiger partial charge in [-0.25, -0.2) is 5.84 Å². The zero-order valence-electron chi connectivity index (χ0n) is 15.3. The van der Waals surface area contributed by atoms with E-state index in [0.717, 1.165) is 0 Å². The molecule has 1 aliphatic carbocycles. The first-order valence-electron chi connectivity index (χ1n) is 8.84. The molecule has 4 rings (SSSR count). The molecule has 0 atom stereocenters. The Labute approximate surface area is 159 Å². The summed E-state index contributed by atoms with van der Waals surface area (Å²) >= 11 is 0. The van der Waals surface area contributed by atoms with Crippen LogP contribution in [0.4, 0.5) is 0 Å². The van der Waals surface area contributed by atoms with E-state index in [4.69, 9.17) is 5.84 Å². The zero-order chi connectivity index (χ0) is 19.2. The smallest absolute Gasteiger partial charge is 0.267 e. The zero-order valence-corrected chi connectivity index (χ0v) is 15.3. The Morgan fingerprint density at radius 3 is 1.85 bits per heavy atom. The van der Waals surface area contributed by atoms with Gasteiger partial charge in [0, 0.05) is 18.0 Å². The fraction of sp³-hybridized carbons (Fsp3) is 0.136. The molecule has 0 saturated heterocycles. The maximum atomic E-state index is 12.6. The molecule has 0 aromatic heterocycles. The van der Waals surface area contributed by atoms with Gasteiger partial charge >= 0.3 is 0 Å². The van der Waals surface area contributed by atoms with Gasteiger partial charge in [-0.15, -0.1) is 0 Å². The molecule has 27 heavy (non-hydrogen) atoms. The van der Waals surface area contributed by atoms with Gasteiger partial charge in [-0.2, -0.15) is 0 Å². The summed E-state index contributed by atoms with van der Waals surface area (Å²) in [5, 5.41) is 1.33. The van der Waals surface area contributed by atoms with Gasteiger partial charge in [-0.3, -0.25) is 21.1 Å². The van der Waals surface area contributed by atoms with Crippen molar-refractivity contribution in [1.82, 2.24) is 10.4 Å². The van der Waals surface area contributed by atoms with Crippen LogP contribution in [0.5, 0.6) is 0 Å². The molecular formula is C22H24N4O. The van der Waals surface area contributed by atoms with Gasteiger partial charge in [-0.1, -0.05) is 66.7 Å². The summed E-state index contributed by atoms with van der Waals surface area (Å²) in [7, 11) is 1.65. The lowest BCUT2D eigenvalue weighted by molar-refractivity contribution is 0.0750. The Balaban J connectivity index is 0.000000659. The highest BCUT2D eigenvalue weighted by Crippen LogP contribution is 2.44. The Bertz CT molecular complexity index is 865. The summed E-state index contributed by atoms with van der Waals surface area (Å²) in [6.07, 6.45) is 0. The Morgan fingerprint density at radius 2 is 1.33 bits per heavy atom. The van der Waals surface area contributed by atoms with E-state index >= 15 is 0 Å². The molecule has 0 heterocycles. The molecule has 5 N–H and O–H groups in total. The molecule has 0 saturated carbocycles. The minimum Gasteiger partial charge on any atom is -0.276 e. The number of carbonyl (C=O) groups is 1. The van der Waals surface area contributed by atoms with Crippen molar-refractivity contribution < 1.29 is 4.79 Å². The number of hydrogen-bond acceptors (Lipinski definition) is 4. The first-order chi connectivity index (χ1) is 13.2. The average Bonchev–Trinajstić information content (AvgIpc) is 3.03. The van der Waals surface area contributed by atoms with E-state index in [-0.39, 0.29) is 11.8 Å². The van der Waals surface area contributed by atoms with Crippen LogP contribution in [0.15, 0.2) is 78.9 Å². The van der Waals surface area contributed by atoms with Gasteiger partial charge in [-0.05, 0) is 41.4 Å². The fourth-order valence-electron chi connectivity index (χ4n) is 3.48. The number of nitrogens with zero attached hydrogens (tertiary/aromatic N) is 1. The lowest BCUT2D eigenvalue weighted by atomic mass is 9.96. The van der Waals surface area contributed by atoms with Crippen LogP contribution >= 0.6 is 0 Å². The van der Waals surface area contributed by atoms with Gasteiger partial charge in [0.05, 0.1) is 0 Å². The van der Waals surface area contributed by atoms with Gasteiger partial charge in [0.1, 0.15) is 0 Å². The molecule has 5 heteroatoms. The molecule has 3 aromatic rings. The van der Waals surface area contributed by atoms with Crippen molar-refractivity contribution in [2.75, 3.05) is 13.6 Å². The third-order valence-electron chi connectivity index (χ3n) is 4.62. The van der Waals surface area contributed by atoms with Crippen LogP contribution in [0.1, 0.15) is 27.4 Å². The predicted octanol–water partition coefficient (Wildman–Crippen LogP) is 2.89. The van der Waals surface area contributed by atoms with E-state index in [1.165, 1.54) is 27.3 Å². The SMILES string of the molecule is CNN.NN(CC1c2ccccc2-c2ccccc21)C(=O)c1ccccc1. The van der Waals surface area contributed by atoms with E-state index < -0.39 is 0 Å². The van der Waals surface area contributed by atoms with Crippen LogP contribution in [0, 0.1) is 0 Å². The fourth-order valence-corrected chi connectivity index (χ4v) is 3.48. The van der Waals surface area contributed by atoms with Crippen molar-refractivity contribution in [3.63, 3.8) is 0 Å². The number of benzene rings is 3. The summed E-state index contributed by atoms with van der Waals surface area (Å²) in [4.78, 5) is 12.6. The lowest BCUT2D eigenvalue weighted by Crippen LogP contribution is -2.40. The van der Waals surface area contributed by atoms with Crippen LogP contribution < -0.4 is 17.1 Å². The van der Waals surface area contributed by atoms with Crippen molar-refractivity contribution in [3.8, 4) is 11.1 Å². The van der Waals surface area contributed by atoms with E-state index in [2.05, 4.69) is 35.5 Å². The van der Waals surface area contributed by atoms with Crippen molar-refractivity contribution in [1.29, 1.82) is 0 Å². The normalized spacial score (nSPS) is 11.8. The second-order valence-electron chi connectivity index (χ2n) is 6.34. The van der Waals surface area contributed by atoms with Crippen molar-refractivity contribution in [2.45, 2.75) is 5.92 Å². The molecule has 5 nitrogen and oxygen atoms in total. The molecule has 138 valence electrons. The van der Waals surface area contributed by atoms with Crippen molar-refractivity contribution in [3.05, 3.63) is 95.6 Å². The molecule has 0 unspecified atom stereocenters. The predicted molar refractivity (Wildman–Crippen MR) is 109 cm³/mol. The van der Waals surface area contributed by atoms with Gasteiger partial charge in [0.25, 0.3) is 5.91 Å². The summed E-state index contributed by atoms with van der Waals surface area (Å²) < 4.78 is 0. The van der Waals surface area contributed by atoms with Gasteiger partial charge < -0.3 is 0 Å². The standard InChI is InChI=1S/C21H18N2O.CH6N2/c22-23(21(24)15-8-2-1-3-9-15)14-20-18-12-6-4-10-16(18)17-11-5-7-13-19(17)20;1-3-2/h1-13,20H,14,22H2;3H,2H2,1H3. The van der Waals surface area contributed by atoms with Crippen LogP contribution in [-0.2, 0) is 0 Å². The Hall–Kier alpha value is -2.99. The molecule has 1 amide bonds. The maximum absolute atomic E-state index is 12.6. The highest BCUT2D eigenvalue weighted by atomic mass is 16.2. The molecule has 3 aromatic carbocycles. The first-order valence-corrected chi connectivity index (χ1v) is 8.84. The number of hydrazine groups is 2. The summed E-state index contributed by atoms with van der Waals surface area (Å²) in [6, 6.07) is 25.9. The minimum absolute atomic E-state index is 0.107. The first kappa shape index (κ1) is 18.8. The van der Waals surface area contributed by atoms with Crippen molar-refractivity contribution >= 4 is 5.91 Å². The van der Waals surface area contributed by atoms with E-state index in [0.29, 0.717) is 12.1 Å². The second kappa shape index (κ2) is 8.60. The molecule has 0 radical (unpaired) electrons. The highest BCUT2D eigenvalue weighted by Gasteiger charge is 2.30. The van der Waals surface area contributed by atoms with Crippen LogP contribution in [-0.4, -0.2) is 24.5 Å². The molecule has 0 spiro atoms. The maximum Gasteiger partial charge on any atom is 0.267 e. The number of hydrogen-bond donors (Lipinski definition) is 3. The topological polar surface area (TPSA) is 84.4 Å². The van der Waals surface area contributed by atoms with Gasteiger partial charge in [0.15, 0.2) is 0 Å². The monoisotopic (exact) mass is 360 g/mol. The van der Waals surface area contributed by atoms with Gasteiger partial charge in [0.2, 0.25) is 0 Å². The summed E-state index contributed by atoms with van der Waals surface area (Å²) in [5.74, 6) is 10.7. The lowest BCUT2D eigenvalue weighted by Gasteiger charge is -2.22. The van der Waals surface area contributed by atoms with E-state index in [1.54, 1.807) is 19.2 Å². The average molecular weight is 360 g/mol.